The number of hydrogen-bond donors (Lipinski definition) is 1. The Morgan fingerprint density at radius 1 is 1.11 bits per heavy atom. The van der Waals surface area contributed by atoms with Crippen LogP contribution in [0.2, 0.25) is 0 Å². The maximum Gasteiger partial charge on any atom is 0.251 e. The molecule has 0 bridgehead atoms. The summed E-state index contributed by atoms with van der Waals surface area (Å²) < 4.78 is 0. The molecule has 1 N–H and O–H groups in total. The quantitative estimate of drug-likeness (QED) is 0.598. The standard InChI is InChI=1S/C15H22BrNO/c1-12-8-7-9-13(2)14(12)15(18)17-11-6-4-3-5-10-16/h7-9H,3-6,10-11H2,1-2H3,(H,17,18). The Kier molecular flexibility index (Phi) is 7.02. The van der Waals surface area contributed by atoms with Crippen molar-refractivity contribution in [3.8, 4) is 0 Å². The van der Waals surface area contributed by atoms with E-state index in [9.17, 15) is 4.79 Å². The van der Waals surface area contributed by atoms with Gasteiger partial charge in [0.15, 0.2) is 0 Å². The minimum Gasteiger partial charge on any atom is -0.352 e. The molecule has 0 heterocycles. The first kappa shape index (κ1) is 15.2. The smallest absolute Gasteiger partial charge is 0.251 e. The lowest BCUT2D eigenvalue weighted by Crippen LogP contribution is -2.26. The Bertz CT molecular complexity index is 370. The summed E-state index contributed by atoms with van der Waals surface area (Å²) in [6.07, 6.45) is 4.68. The number of unbranched alkanes of at least 4 members (excludes halogenated alkanes) is 3. The van der Waals surface area contributed by atoms with Crippen LogP contribution >= 0.6 is 15.9 Å². The molecule has 1 rings (SSSR count). The van der Waals surface area contributed by atoms with Gasteiger partial charge in [-0.15, -0.1) is 0 Å². The van der Waals surface area contributed by atoms with Crippen LogP contribution < -0.4 is 5.32 Å². The van der Waals surface area contributed by atoms with E-state index >= 15 is 0 Å². The van der Waals surface area contributed by atoms with E-state index in [0.717, 1.165) is 35.0 Å². The van der Waals surface area contributed by atoms with Crippen LogP contribution in [0.3, 0.4) is 0 Å². The molecular weight excluding hydrogens is 290 g/mol. The summed E-state index contributed by atoms with van der Waals surface area (Å²) in [6.45, 7) is 4.74. The van der Waals surface area contributed by atoms with Gasteiger partial charge in [0.05, 0.1) is 0 Å². The number of alkyl halides is 1. The lowest BCUT2D eigenvalue weighted by Gasteiger charge is -2.10. The van der Waals surface area contributed by atoms with Crippen molar-refractivity contribution in [1.82, 2.24) is 5.32 Å². The zero-order valence-corrected chi connectivity index (χ0v) is 12.8. The van der Waals surface area contributed by atoms with Crippen LogP contribution in [0.4, 0.5) is 0 Å². The highest BCUT2D eigenvalue weighted by Crippen LogP contribution is 2.12. The minimum absolute atomic E-state index is 0.0612. The molecule has 18 heavy (non-hydrogen) atoms. The second-order valence-corrected chi connectivity index (χ2v) is 5.42. The van der Waals surface area contributed by atoms with Gasteiger partial charge in [0.2, 0.25) is 0 Å². The van der Waals surface area contributed by atoms with Crippen molar-refractivity contribution >= 4 is 21.8 Å². The second-order valence-electron chi connectivity index (χ2n) is 4.63. The number of carbonyl (C=O) groups is 1. The number of benzene rings is 1. The Hall–Kier alpha value is -0.830. The molecule has 1 aromatic rings. The van der Waals surface area contributed by atoms with Crippen molar-refractivity contribution in [1.29, 1.82) is 0 Å². The van der Waals surface area contributed by atoms with Gasteiger partial charge in [-0.2, -0.15) is 0 Å². The molecule has 0 spiro atoms. The van der Waals surface area contributed by atoms with Crippen LogP contribution in [0.25, 0.3) is 0 Å². The van der Waals surface area contributed by atoms with Gasteiger partial charge in [0, 0.05) is 17.4 Å². The van der Waals surface area contributed by atoms with Gasteiger partial charge < -0.3 is 5.32 Å². The van der Waals surface area contributed by atoms with Crippen LogP contribution in [0.15, 0.2) is 18.2 Å². The number of carbonyl (C=O) groups excluding carboxylic acids is 1. The summed E-state index contributed by atoms with van der Waals surface area (Å²) in [5.41, 5.74) is 2.93. The number of hydrogen-bond acceptors (Lipinski definition) is 1. The SMILES string of the molecule is Cc1cccc(C)c1C(=O)NCCCCCCBr. The van der Waals surface area contributed by atoms with E-state index in [1.165, 1.54) is 19.3 Å². The van der Waals surface area contributed by atoms with Crippen LogP contribution in [0, 0.1) is 13.8 Å². The van der Waals surface area contributed by atoms with Crippen LogP contribution in [-0.2, 0) is 0 Å². The highest BCUT2D eigenvalue weighted by atomic mass is 79.9. The molecule has 1 aromatic carbocycles. The maximum absolute atomic E-state index is 12.1. The number of halogens is 1. The van der Waals surface area contributed by atoms with Crippen LogP contribution in [-0.4, -0.2) is 17.8 Å². The molecule has 0 aromatic heterocycles. The molecule has 0 fully saturated rings. The lowest BCUT2D eigenvalue weighted by molar-refractivity contribution is 0.0951. The summed E-state index contributed by atoms with van der Waals surface area (Å²) in [5.74, 6) is 0.0612. The summed E-state index contributed by atoms with van der Waals surface area (Å²) in [4.78, 5) is 12.1. The number of aryl methyl sites for hydroxylation is 2. The molecule has 0 saturated heterocycles. The van der Waals surface area contributed by atoms with Crippen molar-refractivity contribution < 1.29 is 4.79 Å². The summed E-state index contributed by atoms with van der Waals surface area (Å²) >= 11 is 3.42. The van der Waals surface area contributed by atoms with E-state index < -0.39 is 0 Å². The molecule has 0 unspecified atom stereocenters. The highest BCUT2D eigenvalue weighted by molar-refractivity contribution is 9.09. The molecule has 0 aliphatic rings. The topological polar surface area (TPSA) is 29.1 Å². The Morgan fingerprint density at radius 3 is 2.33 bits per heavy atom. The van der Waals surface area contributed by atoms with Crippen LogP contribution in [0.1, 0.15) is 47.2 Å². The number of rotatable bonds is 7. The van der Waals surface area contributed by atoms with Gasteiger partial charge in [-0.1, -0.05) is 47.0 Å². The molecule has 100 valence electrons. The largest absolute Gasteiger partial charge is 0.352 e. The third-order valence-electron chi connectivity index (χ3n) is 3.05. The van der Waals surface area contributed by atoms with E-state index in [4.69, 9.17) is 0 Å². The molecule has 2 nitrogen and oxygen atoms in total. The van der Waals surface area contributed by atoms with Crippen molar-refractivity contribution in [3.05, 3.63) is 34.9 Å². The maximum atomic E-state index is 12.1. The van der Waals surface area contributed by atoms with Gasteiger partial charge in [-0.25, -0.2) is 0 Å². The zero-order valence-electron chi connectivity index (χ0n) is 11.3. The molecule has 0 aliphatic heterocycles. The fourth-order valence-electron chi connectivity index (χ4n) is 2.04. The van der Waals surface area contributed by atoms with Crippen LogP contribution in [0.5, 0.6) is 0 Å². The normalized spacial score (nSPS) is 10.4. The molecule has 1 amide bonds. The fourth-order valence-corrected chi connectivity index (χ4v) is 2.43. The Labute approximate surface area is 118 Å². The molecule has 0 atom stereocenters. The molecule has 0 aliphatic carbocycles. The van der Waals surface area contributed by atoms with Gasteiger partial charge >= 0.3 is 0 Å². The van der Waals surface area contributed by atoms with Crippen molar-refractivity contribution in [2.75, 3.05) is 11.9 Å². The average molecular weight is 312 g/mol. The Morgan fingerprint density at radius 2 is 1.72 bits per heavy atom. The van der Waals surface area contributed by atoms with E-state index in [1.54, 1.807) is 0 Å². The molecule has 0 saturated carbocycles. The van der Waals surface area contributed by atoms with E-state index in [0.29, 0.717) is 0 Å². The van der Waals surface area contributed by atoms with Gasteiger partial charge in [-0.05, 0) is 37.8 Å². The first-order valence-corrected chi connectivity index (χ1v) is 7.69. The first-order chi connectivity index (χ1) is 8.66. The summed E-state index contributed by atoms with van der Waals surface area (Å²) in [7, 11) is 0. The monoisotopic (exact) mass is 311 g/mol. The van der Waals surface area contributed by atoms with Crippen molar-refractivity contribution in [2.24, 2.45) is 0 Å². The molecule has 0 radical (unpaired) electrons. The average Bonchev–Trinajstić information content (AvgIpc) is 2.33. The number of amides is 1. The van der Waals surface area contributed by atoms with E-state index in [-0.39, 0.29) is 5.91 Å². The lowest BCUT2D eigenvalue weighted by atomic mass is 10.0. The van der Waals surface area contributed by atoms with Crippen molar-refractivity contribution in [3.63, 3.8) is 0 Å². The molecular formula is C15H22BrNO. The van der Waals surface area contributed by atoms with E-state index in [2.05, 4.69) is 21.2 Å². The highest BCUT2D eigenvalue weighted by Gasteiger charge is 2.10. The Balaban J connectivity index is 2.37. The number of nitrogens with one attached hydrogen (secondary N) is 1. The summed E-state index contributed by atoms with van der Waals surface area (Å²) in [6, 6.07) is 5.96. The first-order valence-electron chi connectivity index (χ1n) is 6.57. The zero-order chi connectivity index (χ0) is 13.4. The predicted molar refractivity (Wildman–Crippen MR) is 80.5 cm³/mol. The van der Waals surface area contributed by atoms with Gasteiger partial charge in [0.1, 0.15) is 0 Å². The van der Waals surface area contributed by atoms with Gasteiger partial charge in [0.25, 0.3) is 5.91 Å². The van der Waals surface area contributed by atoms with Gasteiger partial charge in [-0.3, -0.25) is 4.79 Å². The second kappa shape index (κ2) is 8.30. The minimum atomic E-state index is 0.0612. The fraction of sp³-hybridized carbons (Fsp3) is 0.533. The van der Waals surface area contributed by atoms with Crippen molar-refractivity contribution in [2.45, 2.75) is 39.5 Å². The van der Waals surface area contributed by atoms with E-state index in [1.807, 2.05) is 32.0 Å². The third kappa shape index (κ3) is 4.81. The molecule has 3 heteroatoms. The predicted octanol–water partition coefficient (Wildman–Crippen LogP) is 3.99. The summed E-state index contributed by atoms with van der Waals surface area (Å²) in [5, 5.41) is 4.08. The third-order valence-corrected chi connectivity index (χ3v) is 3.61.